The molecule has 0 radical (unpaired) electrons. The Labute approximate surface area is 298 Å². The molecule has 1 aromatic heterocycles. The Hall–Kier alpha value is -4.07. The van der Waals surface area contributed by atoms with Gasteiger partial charge in [-0.15, -0.1) is 5.10 Å². The maximum atomic E-state index is 15.1. The normalized spacial score (nSPS) is 22.2. The van der Waals surface area contributed by atoms with E-state index in [9.17, 15) is 15.0 Å². The standard InChI is InChI=1S/C37H44ClN5O6Si/c1-23-34(50(4,5)30-12-10-29(48-3)11-13-30)33(15-17-42-22-28(16-18-44)40-41-42)49-37(23)31-20-26(38)9-14-32(31)43(36(37)47)21-25-7-6-8-27(19-25)39-35(46)24(2)45/h6-14,19-20,22-24,33-34,44-45H,15-18,21H2,1-5H3,(H,39,46)/t23-,24+,33+,34-,37+/m1/s1. The molecular weight excluding hydrogens is 674 g/mol. The van der Waals surface area contributed by atoms with Crippen molar-refractivity contribution in [2.45, 2.75) is 76.2 Å². The number of hydrogen-bond donors (Lipinski definition) is 3. The van der Waals surface area contributed by atoms with Crippen LogP contribution in [0.15, 0.2) is 72.9 Å². The van der Waals surface area contributed by atoms with E-state index in [1.165, 1.54) is 12.1 Å². The number of fused-ring (bicyclic) bond motifs is 2. The number of nitrogens with zero attached hydrogens (tertiary/aromatic N) is 4. The van der Waals surface area contributed by atoms with Gasteiger partial charge < -0.3 is 29.9 Å². The van der Waals surface area contributed by atoms with Crippen LogP contribution in [0.3, 0.4) is 0 Å². The van der Waals surface area contributed by atoms with Gasteiger partial charge in [0.25, 0.3) is 11.8 Å². The second kappa shape index (κ2) is 14.3. The van der Waals surface area contributed by atoms with Crippen molar-refractivity contribution < 1.29 is 29.3 Å². The number of ether oxygens (including phenoxy) is 2. The van der Waals surface area contributed by atoms with Crippen LogP contribution in [0.1, 0.15) is 37.1 Å². The highest BCUT2D eigenvalue weighted by atomic mass is 35.5. The Morgan fingerprint density at radius 1 is 1.16 bits per heavy atom. The van der Waals surface area contributed by atoms with Crippen LogP contribution in [0.5, 0.6) is 5.75 Å². The number of halogens is 1. The molecule has 50 heavy (non-hydrogen) atoms. The Balaban J connectivity index is 1.39. The molecule has 1 spiro atoms. The van der Waals surface area contributed by atoms with Crippen molar-refractivity contribution in [2.24, 2.45) is 5.92 Å². The summed E-state index contributed by atoms with van der Waals surface area (Å²) in [6.45, 7) is 8.98. The molecule has 0 unspecified atom stereocenters. The highest BCUT2D eigenvalue weighted by Gasteiger charge is 2.66. The highest BCUT2D eigenvalue weighted by Crippen LogP contribution is 2.60. The molecule has 1 saturated heterocycles. The number of aromatic nitrogens is 3. The molecule has 3 heterocycles. The number of benzene rings is 3. The van der Waals surface area contributed by atoms with Crippen molar-refractivity contribution in [2.75, 3.05) is 23.9 Å². The first-order valence-electron chi connectivity index (χ1n) is 16.9. The quantitative estimate of drug-likeness (QED) is 0.180. The molecule has 3 aromatic carbocycles. The number of carbonyl (C=O) groups is 2. The maximum Gasteiger partial charge on any atom is 0.264 e. The zero-order valence-corrected chi connectivity index (χ0v) is 30.7. The van der Waals surface area contributed by atoms with Crippen molar-refractivity contribution in [1.29, 1.82) is 0 Å². The number of nitrogens with one attached hydrogen (secondary N) is 1. The Morgan fingerprint density at radius 2 is 1.92 bits per heavy atom. The summed E-state index contributed by atoms with van der Waals surface area (Å²) in [6.07, 6.45) is 1.42. The number of methoxy groups -OCH3 is 1. The summed E-state index contributed by atoms with van der Waals surface area (Å²) in [6, 6.07) is 21.0. The smallest absolute Gasteiger partial charge is 0.264 e. The first-order chi connectivity index (χ1) is 23.9. The lowest BCUT2D eigenvalue weighted by molar-refractivity contribution is -0.146. The number of aryl methyl sites for hydroxylation is 1. The summed E-state index contributed by atoms with van der Waals surface area (Å²) in [7, 11) is -0.709. The van der Waals surface area contributed by atoms with Crippen molar-refractivity contribution in [3.63, 3.8) is 0 Å². The molecule has 5 atom stereocenters. The van der Waals surface area contributed by atoms with E-state index in [0.717, 1.165) is 22.6 Å². The van der Waals surface area contributed by atoms with Gasteiger partial charge in [0, 0.05) is 48.0 Å². The van der Waals surface area contributed by atoms with Crippen LogP contribution in [-0.4, -0.2) is 71.0 Å². The molecule has 0 bridgehead atoms. The third-order valence-electron chi connectivity index (χ3n) is 10.3. The fourth-order valence-corrected chi connectivity index (χ4v) is 12.1. The molecule has 2 amide bonds. The summed E-state index contributed by atoms with van der Waals surface area (Å²) >= 11 is 6.65. The number of aliphatic hydroxyl groups excluding tert-OH is 2. The first kappa shape index (κ1) is 35.7. The number of hydrogen-bond acceptors (Lipinski definition) is 8. The second-order valence-electron chi connectivity index (χ2n) is 13.8. The average Bonchev–Trinajstić information content (AvgIpc) is 3.74. The van der Waals surface area contributed by atoms with Crippen LogP contribution in [0.25, 0.3) is 0 Å². The number of amides is 2. The number of rotatable bonds is 12. The minimum Gasteiger partial charge on any atom is -0.497 e. The molecule has 0 aliphatic carbocycles. The molecule has 2 aliphatic heterocycles. The lowest BCUT2D eigenvalue weighted by Gasteiger charge is -2.37. The lowest BCUT2D eigenvalue weighted by Crippen LogP contribution is -2.51. The van der Waals surface area contributed by atoms with Crippen LogP contribution in [0.4, 0.5) is 11.4 Å². The zero-order chi connectivity index (χ0) is 35.8. The van der Waals surface area contributed by atoms with E-state index in [0.29, 0.717) is 35.8 Å². The van der Waals surface area contributed by atoms with E-state index in [2.05, 4.69) is 47.8 Å². The lowest BCUT2D eigenvalue weighted by atomic mass is 9.82. The number of anilines is 2. The first-order valence-corrected chi connectivity index (χ1v) is 20.4. The SMILES string of the molecule is COc1ccc([Si](C)(C)[C@H]2[C@H](CCn3cc(CCO)nn3)O[C@@]3(C(=O)N(Cc4cccc(NC(=O)[C@H](C)O)c4)c4ccc(Cl)cc43)[C@@H]2C)cc1. The van der Waals surface area contributed by atoms with E-state index in [1.807, 2.05) is 48.7 Å². The molecule has 13 heteroatoms. The minimum atomic E-state index is -2.36. The van der Waals surface area contributed by atoms with Gasteiger partial charge in [-0.2, -0.15) is 0 Å². The fraction of sp³-hybridized carbons (Fsp3) is 0.405. The topological polar surface area (TPSA) is 139 Å². The summed E-state index contributed by atoms with van der Waals surface area (Å²) < 4.78 is 14.4. The van der Waals surface area contributed by atoms with Crippen LogP contribution < -0.4 is 20.1 Å². The van der Waals surface area contributed by atoms with Gasteiger partial charge in [0.1, 0.15) is 11.9 Å². The van der Waals surface area contributed by atoms with Crippen molar-refractivity contribution in [3.8, 4) is 5.75 Å². The van der Waals surface area contributed by atoms with Gasteiger partial charge in [-0.3, -0.25) is 14.3 Å². The number of carbonyl (C=O) groups excluding carboxylic acids is 2. The summed E-state index contributed by atoms with van der Waals surface area (Å²) in [5.41, 5.74) is 2.27. The molecule has 2 aliphatic rings. The van der Waals surface area contributed by atoms with Crippen LogP contribution >= 0.6 is 11.6 Å². The minimum absolute atomic E-state index is 0.00440. The Bertz CT molecular complexity index is 1870. The van der Waals surface area contributed by atoms with Gasteiger partial charge in [0.05, 0.1) is 39.2 Å². The molecule has 1 fully saturated rings. The van der Waals surface area contributed by atoms with Crippen LogP contribution in [-0.2, 0) is 39.4 Å². The zero-order valence-electron chi connectivity index (χ0n) is 29.0. The Kier molecular flexibility index (Phi) is 10.2. The van der Waals surface area contributed by atoms with Crippen molar-refractivity contribution in [3.05, 3.63) is 94.8 Å². The monoisotopic (exact) mass is 717 g/mol. The Morgan fingerprint density at radius 3 is 2.62 bits per heavy atom. The van der Waals surface area contributed by atoms with Gasteiger partial charge in [0.2, 0.25) is 0 Å². The molecule has 6 rings (SSSR count). The van der Waals surface area contributed by atoms with Crippen molar-refractivity contribution >= 4 is 48.1 Å². The van der Waals surface area contributed by atoms with E-state index in [-0.39, 0.29) is 36.6 Å². The third-order valence-corrected chi connectivity index (χ3v) is 14.9. The van der Waals surface area contributed by atoms with E-state index in [1.54, 1.807) is 28.8 Å². The summed E-state index contributed by atoms with van der Waals surface area (Å²) in [5, 5.41) is 32.0. The fourth-order valence-electron chi connectivity index (χ4n) is 7.83. The molecular formula is C37H44ClN5O6Si. The van der Waals surface area contributed by atoms with Gasteiger partial charge in [0.15, 0.2) is 5.60 Å². The van der Waals surface area contributed by atoms with Gasteiger partial charge in [-0.1, -0.05) is 66.3 Å². The van der Waals surface area contributed by atoms with Crippen LogP contribution in [0.2, 0.25) is 23.7 Å². The summed E-state index contributed by atoms with van der Waals surface area (Å²) in [5.74, 6) is -0.100. The number of aliphatic hydroxyl groups is 2. The molecule has 4 aromatic rings. The molecule has 3 N–H and O–H groups in total. The van der Waals surface area contributed by atoms with Gasteiger partial charge in [-0.25, -0.2) is 0 Å². The molecule has 264 valence electrons. The van der Waals surface area contributed by atoms with E-state index < -0.39 is 25.7 Å². The predicted molar refractivity (Wildman–Crippen MR) is 194 cm³/mol. The third kappa shape index (κ3) is 6.58. The highest BCUT2D eigenvalue weighted by molar-refractivity contribution is 6.91. The summed E-state index contributed by atoms with van der Waals surface area (Å²) in [4.78, 5) is 29.0. The second-order valence-corrected chi connectivity index (χ2v) is 18.9. The maximum absolute atomic E-state index is 15.1. The average molecular weight is 718 g/mol. The van der Waals surface area contributed by atoms with Crippen molar-refractivity contribution in [1.82, 2.24) is 15.0 Å². The predicted octanol–water partition coefficient (Wildman–Crippen LogP) is 4.65. The van der Waals surface area contributed by atoms with E-state index >= 15 is 4.79 Å². The van der Waals surface area contributed by atoms with Gasteiger partial charge in [-0.05, 0) is 66.9 Å². The van der Waals surface area contributed by atoms with E-state index in [4.69, 9.17) is 21.1 Å². The molecule has 0 saturated carbocycles. The largest absolute Gasteiger partial charge is 0.497 e. The molecule has 11 nitrogen and oxygen atoms in total. The van der Waals surface area contributed by atoms with Crippen LogP contribution in [0, 0.1) is 5.92 Å². The van der Waals surface area contributed by atoms with Gasteiger partial charge >= 0.3 is 0 Å².